The second-order valence-corrected chi connectivity index (χ2v) is 6.21. The zero-order valence-corrected chi connectivity index (χ0v) is 9.89. The van der Waals surface area contributed by atoms with Gasteiger partial charge in [-0.2, -0.15) is 4.40 Å². The Hall–Kier alpha value is -0.770. The zero-order valence-electron chi connectivity index (χ0n) is 9.07. The molecule has 1 unspecified atom stereocenters. The first-order chi connectivity index (χ1) is 6.39. The molecule has 0 aliphatic carbocycles. The highest BCUT2D eigenvalue weighted by Crippen LogP contribution is 2.13. The zero-order chi connectivity index (χ0) is 10.8. The summed E-state index contributed by atoms with van der Waals surface area (Å²) in [6, 6.07) is 0. The molecule has 4 heteroatoms. The Morgan fingerprint density at radius 3 is 2.64 bits per heavy atom. The molecule has 0 spiro atoms. The molecule has 1 aliphatic rings. The van der Waals surface area contributed by atoms with Crippen molar-refractivity contribution in [2.75, 3.05) is 0 Å². The average Bonchev–Trinajstić information content (AvgIpc) is 2.45. The van der Waals surface area contributed by atoms with Crippen LogP contribution in [0.1, 0.15) is 34.1 Å². The molecule has 0 amide bonds. The maximum absolute atomic E-state index is 11.5. The summed E-state index contributed by atoms with van der Waals surface area (Å²) in [5.74, 6) is 0. The first-order valence-corrected chi connectivity index (χ1v) is 5.70. The summed E-state index contributed by atoms with van der Waals surface area (Å²) in [7, 11) is -1.19. The molecule has 1 rings (SSSR count). The number of hydrogen-bond donors (Lipinski definition) is 0. The molecular weight excluding hydrogens is 196 g/mol. The molecule has 14 heavy (non-hydrogen) atoms. The van der Waals surface area contributed by atoms with Gasteiger partial charge >= 0.3 is 0 Å². The van der Waals surface area contributed by atoms with E-state index in [0.717, 1.165) is 17.8 Å². The third kappa shape index (κ3) is 3.18. The Labute approximate surface area is 87.6 Å². The Morgan fingerprint density at radius 2 is 2.21 bits per heavy atom. The molecule has 0 fully saturated rings. The molecule has 0 aromatic heterocycles. The summed E-state index contributed by atoms with van der Waals surface area (Å²) in [5.41, 5.74) is 1.90. The molecule has 0 bridgehead atoms. The second-order valence-electron chi connectivity index (χ2n) is 4.28. The van der Waals surface area contributed by atoms with Crippen molar-refractivity contribution >= 4 is 22.9 Å². The summed E-state index contributed by atoms with van der Waals surface area (Å²) in [6.07, 6.45) is 4.46. The van der Waals surface area contributed by atoms with Crippen LogP contribution in [-0.2, 0) is 11.0 Å². The lowest BCUT2D eigenvalue weighted by molar-refractivity contribution is 0.651. The van der Waals surface area contributed by atoms with Crippen molar-refractivity contribution in [1.29, 1.82) is 0 Å². The molecule has 1 aliphatic heterocycles. The van der Waals surface area contributed by atoms with Gasteiger partial charge in [0, 0.05) is 12.1 Å². The van der Waals surface area contributed by atoms with Gasteiger partial charge in [0.25, 0.3) is 0 Å². The number of allylic oxidation sites excluding steroid dienone is 2. The highest BCUT2D eigenvalue weighted by Gasteiger charge is 2.18. The van der Waals surface area contributed by atoms with Crippen molar-refractivity contribution < 1.29 is 4.21 Å². The van der Waals surface area contributed by atoms with Gasteiger partial charge < -0.3 is 0 Å². The van der Waals surface area contributed by atoms with Crippen molar-refractivity contribution in [3.8, 4) is 0 Å². The maximum Gasteiger partial charge on any atom is 0.144 e. The Kier molecular flexibility index (Phi) is 3.37. The predicted octanol–water partition coefficient (Wildman–Crippen LogP) is 2.27. The van der Waals surface area contributed by atoms with E-state index in [-0.39, 0.29) is 4.75 Å². The lowest BCUT2D eigenvalue weighted by Gasteiger charge is -2.12. The minimum atomic E-state index is -1.19. The van der Waals surface area contributed by atoms with Gasteiger partial charge in [0.1, 0.15) is 11.0 Å². The summed E-state index contributed by atoms with van der Waals surface area (Å²) in [5, 5.41) is 0. The van der Waals surface area contributed by atoms with Crippen LogP contribution in [0.4, 0.5) is 0 Å². The van der Waals surface area contributed by atoms with Crippen LogP contribution in [0, 0.1) is 0 Å². The first-order valence-electron chi connectivity index (χ1n) is 4.60. The summed E-state index contributed by atoms with van der Waals surface area (Å²) in [6.45, 7) is 7.67. The summed E-state index contributed by atoms with van der Waals surface area (Å²) < 4.78 is 15.2. The standard InChI is InChI=1S/C10H16N2OS/c1-8-5-6-9(12-8)7-11-14(13)10(2,3)4/h6-7H,5H2,1-4H3. The summed E-state index contributed by atoms with van der Waals surface area (Å²) >= 11 is 0. The van der Waals surface area contributed by atoms with E-state index in [9.17, 15) is 4.21 Å². The molecule has 1 atom stereocenters. The van der Waals surface area contributed by atoms with Crippen LogP contribution in [0.2, 0.25) is 0 Å². The third-order valence-electron chi connectivity index (χ3n) is 1.73. The number of hydrogen-bond acceptors (Lipinski definition) is 2. The van der Waals surface area contributed by atoms with E-state index >= 15 is 0 Å². The van der Waals surface area contributed by atoms with Crippen molar-refractivity contribution in [1.82, 2.24) is 0 Å². The van der Waals surface area contributed by atoms with Crippen molar-refractivity contribution in [2.45, 2.75) is 38.9 Å². The van der Waals surface area contributed by atoms with E-state index in [1.54, 1.807) is 6.21 Å². The van der Waals surface area contributed by atoms with Crippen molar-refractivity contribution in [3.05, 3.63) is 11.8 Å². The molecule has 0 saturated heterocycles. The monoisotopic (exact) mass is 212 g/mol. The molecule has 1 heterocycles. The van der Waals surface area contributed by atoms with Crippen LogP contribution in [0.5, 0.6) is 0 Å². The minimum Gasteiger partial charge on any atom is -0.256 e. The number of aliphatic imine (C=N–C) groups is 1. The number of nitrogens with zero attached hydrogens (tertiary/aromatic N) is 2. The van der Waals surface area contributed by atoms with E-state index in [1.807, 2.05) is 33.8 Å². The Balaban J connectivity index is 2.62. The van der Waals surface area contributed by atoms with Gasteiger partial charge in [-0.05, 0) is 27.7 Å². The summed E-state index contributed by atoms with van der Waals surface area (Å²) in [4.78, 5) is 4.24. The number of rotatable bonds is 2. The van der Waals surface area contributed by atoms with Crippen LogP contribution in [-0.4, -0.2) is 20.9 Å². The van der Waals surface area contributed by atoms with Crippen LogP contribution in [0.15, 0.2) is 21.2 Å². The van der Waals surface area contributed by atoms with Gasteiger partial charge in [-0.25, -0.2) is 4.21 Å². The van der Waals surface area contributed by atoms with Gasteiger partial charge in [0.05, 0.1) is 16.7 Å². The Bertz CT molecular complexity index is 335. The fourth-order valence-corrected chi connectivity index (χ4v) is 1.43. The predicted molar refractivity (Wildman–Crippen MR) is 62.2 cm³/mol. The first kappa shape index (κ1) is 11.3. The molecule has 78 valence electrons. The van der Waals surface area contributed by atoms with Gasteiger partial charge in [-0.3, -0.25) is 4.99 Å². The van der Waals surface area contributed by atoms with E-state index in [4.69, 9.17) is 0 Å². The normalized spacial score (nSPS) is 19.7. The van der Waals surface area contributed by atoms with Crippen molar-refractivity contribution in [3.63, 3.8) is 0 Å². The lowest BCUT2D eigenvalue weighted by Crippen LogP contribution is -2.19. The molecule has 0 saturated carbocycles. The van der Waals surface area contributed by atoms with E-state index < -0.39 is 11.0 Å². The van der Waals surface area contributed by atoms with Crippen molar-refractivity contribution in [2.24, 2.45) is 9.39 Å². The lowest BCUT2D eigenvalue weighted by atomic mass is 10.3. The van der Waals surface area contributed by atoms with Crippen LogP contribution in [0.25, 0.3) is 0 Å². The minimum absolute atomic E-state index is 0.297. The fourth-order valence-electron chi connectivity index (χ4n) is 0.906. The highest BCUT2D eigenvalue weighted by molar-refractivity contribution is 7.85. The third-order valence-corrected chi connectivity index (χ3v) is 3.08. The second kappa shape index (κ2) is 4.17. The topological polar surface area (TPSA) is 41.8 Å². The van der Waals surface area contributed by atoms with Gasteiger partial charge in [-0.1, -0.05) is 6.08 Å². The van der Waals surface area contributed by atoms with Crippen LogP contribution < -0.4 is 0 Å². The molecule has 3 nitrogen and oxygen atoms in total. The van der Waals surface area contributed by atoms with Crippen LogP contribution >= 0.6 is 0 Å². The molecule has 0 aromatic rings. The van der Waals surface area contributed by atoms with Gasteiger partial charge in [0.15, 0.2) is 0 Å². The van der Waals surface area contributed by atoms with Crippen LogP contribution in [0.3, 0.4) is 0 Å². The van der Waals surface area contributed by atoms with E-state index in [1.165, 1.54) is 0 Å². The smallest absolute Gasteiger partial charge is 0.144 e. The quantitative estimate of drug-likeness (QED) is 0.647. The molecular formula is C10H16N2OS. The highest BCUT2D eigenvalue weighted by atomic mass is 32.2. The van der Waals surface area contributed by atoms with E-state index in [0.29, 0.717) is 0 Å². The average molecular weight is 212 g/mol. The van der Waals surface area contributed by atoms with Gasteiger partial charge in [-0.15, -0.1) is 0 Å². The maximum atomic E-state index is 11.5. The molecule has 0 N–H and O–H groups in total. The van der Waals surface area contributed by atoms with E-state index in [2.05, 4.69) is 9.39 Å². The largest absolute Gasteiger partial charge is 0.256 e. The SMILES string of the molecule is CC1=NC(C=NS(=O)C(C)(C)C)=CC1. The molecule has 0 aromatic carbocycles. The molecule has 0 radical (unpaired) electrons. The Morgan fingerprint density at radius 1 is 1.57 bits per heavy atom. The fraction of sp³-hybridized carbons (Fsp3) is 0.600. The van der Waals surface area contributed by atoms with Gasteiger partial charge in [0.2, 0.25) is 0 Å².